The lowest BCUT2D eigenvalue weighted by atomic mass is 10.1. The predicted octanol–water partition coefficient (Wildman–Crippen LogP) is 2.43. The van der Waals surface area contributed by atoms with Crippen LogP contribution in [0.15, 0.2) is 24.3 Å². The first kappa shape index (κ1) is 14.6. The molecule has 5 heteroatoms. The van der Waals surface area contributed by atoms with Crippen LogP contribution in [0, 0.1) is 0 Å². The molecule has 0 saturated heterocycles. The van der Waals surface area contributed by atoms with E-state index in [2.05, 4.69) is 4.72 Å². The fraction of sp³-hybridized carbons (Fsp3) is 0.500. The van der Waals surface area contributed by atoms with Crippen molar-refractivity contribution >= 4 is 22.6 Å². The molecule has 0 radical (unpaired) electrons. The summed E-state index contributed by atoms with van der Waals surface area (Å²) in [5.74, 6) is 0. The highest BCUT2D eigenvalue weighted by molar-refractivity contribution is 7.84. The summed E-state index contributed by atoms with van der Waals surface area (Å²) in [5.41, 5.74) is 0.870. The third-order valence-electron chi connectivity index (χ3n) is 2.26. The Kier molecular flexibility index (Phi) is 5.13. The molecule has 0 aliphatic carbocycles. The van der Waals surface area contributed by atoms with Gasteiger partial charge in [-0.3, -0.25) is 0 Å². The molecule has 0 saturated carbocycles. The van der Waals surface area contributed by atoms with Crippen LogP contribution in [-0.2, 0) is 11.0 Å². The van der Waals surface area contributed by atoms with Gasteiger partial charge in [-0.1, -0.05) is 23.7 Å². The molecule has 0 fully saturated rings. The van der Waals surface area contributed by atoms with Crippen LogP contribution in [-0.4, -0.2) is 20.7 Å². The quantitative estimate of drug-likeness (QED) is 0.887. The molecule has 0 aromatic heterocycles. The first-order valence-electron chi connectivity index (χ1n) is 5.39. The molecule has 1 unspecified atom stereocenters. The number of nitrogens with one attached hydrogen (secondary N) is 1. The van der Waals surface area contributed by atoms with Gasteiger partial charge in [-0.2, -0.15) is 0 Å². The number of aliphatic hydroxyl groups excluding tert-OH is 1. The van der Waals surface area contributed by atoms with E-state index in [-0.39, 0.29) is 17.4 Å². The molecular weight excluding hydrogens is 258 g/mol. The fourth-order valence-corrected chi connectivity index (χ4v) is 2.16. The zero-order valence-corrected chi connectivity index (χ0v) is 11.8. The van der Waals surface area contributed by atoms with E-state index in [4.69, 9.17) is 11.6 Å². The van der Waals surface area contributed by atoms with Gasteiger partial charge in [-0.25, -0.2) is 8.93 Å². The second-order valence-electron chi connectivity index (χ2n) is 4.79. The molecule has 0 bridgehead atoms. The van der Waals surface area contributed by atoms with Crippen LogP contribution in [0.3, 0.4) is 0 Å². The second kappa shape index (κ2) is 5.96. The number of halogens is 1. The zero-order chi connectivity index (χ0) is 13.1. The van der Waals surface area contributed by atoms with Crippen molar-refractivity contribution in [1.82, 2.24) is 4.72 Å². The van der Waals surface area contributed by atoms with E-state index < -0.39 is 11.0 Å². The maximum Gasteiger partial charge on any atom is 0.0976 e. The molecule has 17 heavy (non-hydrogen) atoms. The smallest absolute Gasteiger partial charge is 0.0976 e. The summed E-state index contributed by atoms with van der Waals surface area (Å²) in [6.45, 7) is 5.54. The molecular formula is C12H18ClNO2S. The summed E-state index contributed by atoms with van der Waals surface area (Å²) >= 11 is 5.79. The topological polar surface area (TPSA) is 49.3 Å². The third kappa shape index (κ3) is 4.39. The summed E-state index contributed by atoms with van der Waals surface area (Å²) in [4.78, 5) is 0. The van der Waals surface area contributed by atoms with E-state index in [1.54, 1.807) is 12.1 Å². The Balaban J connectivity index is 2.79. The van der Waals surface area contributed by atoms with Gasteiger partial charge in [0.1, 0.15) is 0 Å². The van der Waals surface area contributed by atoms with Crippen LogP contribution in [0.25, 0.3) is 0 Å². The molecule has 0 spiro atoms. The molecule has 0 aliphatic rings. The number of rotatable bonds is 4. The SMILES string of the molecule is CC(C)(C)S(=O)N[C@@H](CO)c1ccc(Cl)cc1. The standard InChI is InChI=1S/C12H18ClNO2S/c1-12(2,3)17(16)14-11(8-15)9-4-6-10(13)7-5-9/h4-7,11,14-15H,8H2,1-3H3/t11-,17?/m0/s1. The van der Waals surface area contributed by atoms with Crippen molar-refractivity contribution in [3.63, 3.8) is 0 Å². The number of hydrogen-bond donors (Lipinski definition) is 2. The minimum Gasteiger partial charge on any atom is -0.394 e. The van der Waals surface area contributed by atoms with Gasteiger partial charge in [-0.05, 0) is 38.5 Å². The normalized spacial score (nSPS) is 15.6. The zero-order valence-electron chi connectivity index (χ0n) is 10.2. The van der Waals surface area contributed by atoms with E-state index >= 15 is 0 Å². The maximum atomic E-state index is 11.9. The van der Waals surface area contributed by atoms with Gasteiger partial charge in [0.05, 0.1) is 28.4 Å². The lowest BCUT2D eigenvalue weighted by molar-refractivity contribution is 0.260. The molecule has 2 N–H and O–H groups in total. The minimum absolute atomic E-state index is 0.108. The van der Waals surface area contributed by atoms with E-state index in [0.717, 1.165) is 5.56 Å². The predicted molar refractivity (Wildman–Crippen MR) is 72.3 cm³/mol. The van der Waals surface area contributed by atoms with Crippen molar-refractivity contribution in [3.8, 4) is 0 Å². The summed E-state index contributed by atoms with van der Waals surface area (Å²) in [5, 5.41) is 9.97. The molecule has 2 atom stereocenters. The first-order valence-corrected chi connectivity index (χ1v) is 6.91. The Hall–Kier alpha value is -0.420. The minimum atomic E-state index is -1.22. The van der Waals surface area contributed by atoms with E-state index in [9.17, 15) is 9.32 Å². The molecule has 0 heterocycles. The average molecular weight is 276 g/mol. The molecule has 1 rings (SSSR count). The number of hydrogen-bond acceptors (Lipinski definition) is 2. The lowest BCUT2D eigenvalue weighted by Crippen LogP contribution is -2.37. The van der Waals surface area contributed by atoms with Crippen molar-refractivity contribution in [2.45, 2.75) is 31.6 Å². The van der Waals surface area contributed by atoms with Gasteiger partial charge in [0, 0.05) is 5.02 Å². The van der Waals surface area contributed by atoms with Crippen molar-refractivity contribution in [3.05, 3.63) is 34.9 Å². The Morgan fingerprint density at radius 1 is 1.35 bits per heavy atom. The Morgan fingerprint density at radius 3 is 2.29 bits per heavy atom. The van der Waals surface area contributed by atoms with E-state index in [0.29, 0.717) is 5.02 Å². The van der Waals surface area contributed by atoms with Crippen LogP contribution < -0.4 is 4.72 Å². The molecule has 1 aromatic carbocycles. The summed E-state index contributed by atoms with van der Waals surface area (Å²) in [7, 11) is -1.22. The molecule has 0 amide bonds. The highest BCUT2D eigenvalue weighted by Gasteiger charge is 2.23. The van der Waals surface area contributed by atoms with E-state index in [1.807, 2.05) is 32.9 Å². The molecule has 3 nitrogen and oxygen atoms in total. The van der Waals surface area contributed by atoms with Crippen LogP contribution >= 0.6 is 11.6 Å². The Labute approximate surface area is 110 Å². The largest absolute Gasteiger partial charge is 0.394 e. The van der Waals surface area contributed by atoms with Gasteiger partial charge in [0.25, 0.3) is 0 Å². The van der Waals surface area contributed by atoms with Crippen LogP contribution in [0.4, 0.5) is 0 Å². The highest BCUT2D eigenvalue weighted by atomic mass is 35.5. The van der Waals surface area contributed by atoms with Crippen molar-refractivity contribution < 1.29 is 9.32 Å². The monoisotopic (exact) mass is 275 g/mol. The van der Waals surface area contributed by atoms with Crippen LogP contribution in [0.2, 0.25) is 5.02 Å². The first-order chi connectivity index (χ1) is 7.84. The lowest BCUT2D eigenvalue weighted by Gasteiger charge is -2.23. The molecule has 1 aromatic rings. The Bertz CT molecular complexity index is 386. The van der Waals surface area contributed by atoms with Gasteiger partial charge in [0.15, 0.2) is 0 Å². The van der Waals surface area contributed by atoms with Crippen molar-refractivity contribution in [2.75, 3.05) is 6.61 Å². The molecule has 0 aliphatic heterocycles. The average Bonchev–Trinajstić information content (AvgIpc) is 2.25. The van der Waals surface area contributed by atoms with Gasteiger partial charge in [-0.15, -0.1) is 0 Å². The van der Waals surface area contributed by atoms with Gasteiger partial charge < -0.3 is 5.11 Å². The van der Waals surface area contributed by atoms with E-state index in [1.165, 1.54) is 0 Å². The number of benzene rings is 1. The summed E-state index contributed by atoms with van der Waals surface area (Å²) in [6.07, 6.45) is 0. The van der Waals surface area contributed by atoms with Crippen LogP contribution in [0.5, 0.6) is 0 Å². The highest BCUT2D eigenvalue weighted by Crippen LogP contribution is 2.19. The second-order valence-corrected chi connectivity index (χ2v) is 7.22. The van der Waals surface area contributed by atoms with Gasteiger partial charge in [0.2, 0.25) is 0 Å². The molecule has 96 valence electrons. The third-order valence-corrected chi connectivity index (χ3v) is 4.12. The van der Waals surface area contributed by atoms with Crippen molar-refractivity contribution in [1.29, 1.82) is 0 Å². The Morgan fingerprint density at radius 2 is 1.88 bits per heavy atom. The van der Waals surface area contributed by atoms with Gasteiger partial charge >= 0.3 is 0 Å². The summed E-state index contributed by atoms with van der Waals surface area (Å²) in [6, 6.07) is 6.79. The fourth-order valence-electron chi connectivity index (χ4n) is 1.21. The van der Waals surface area contributed by atoms with Crippen molar-refractivity contribution in [2.24, 2.45) is 0 Å². The van der Waals surface area contributed by atoms with Crippen LogP contribution in [0.1, 0.15) is 32.4 Å². The summed E-state index contributed by atoms with van der Waals surface area (Å²) < 4.78 is 14.5. The number of aliphatic hydroxyl groups is 1. The maximum absolute atomic E-state index is 11.9.